The van der Waals surface area contributed by atoms with Gasteiger partial charge in [0.05, 0.1) is 12.1 Å². The number of halogens is 1. The molecule has 0 spiro atoms. The van der Waals surface area contributed by atoms with E-state index in [1.165, 1.54) is 31.4 Å². The number of phenolic OH excluding ortho intramolecular Hbond substituents is 1. The molecule has 0 bridgehead atoms. The van der Waals surface area contributed by atoms with Crippen molar-refractivity contribution in [2.45, 2.75) is 6.92 Å². The minimum Gasteiger partial charge on any atom is -0.507 e. The largest absolute Gasteiger partial charge is 0.507 e. The molecule has 0 amide bonds. The molecule has 120 valence electrons. The lowest BCUT2D eigenvalue weighted by atomic mass is 10.1. The molecule has 0 aromatic heterocycles. The van der Waals surface area contributed by atoms with E-state index < -0.39 is 18.4 Å². The Labute approximate surface area is 138 Å². The molecule has 0 saturated carbocycles. The normalized spacial score (nSPS) is 10.2. The quantitative estimate of drug-likeness (QED) is 0.670. The zero-order chi connectivity index (χ0) is 17.0. The molecular formula is C17H15ClO5. The molecule has 0 radical (unpaired) electrons. The van der Waals surface area contributed by atoms with Crippen molar-refractivity contribution in [3.8, 4) is 11.5 Å². The first-order chi connectivity index (χ1) is 10.9. The van der Waals surface area contributed by atoms with Crippen LogP contribution in [0.2, 0.25) is 5.02 Å². The summed E-state index contributed by atoms with van der Waals surface area (Å²) in [4.78, 5) is 24.0. The molecule has 23 heavy (non-hydrogen) atoms. The predicted octanol–water partition coefficient (Wildman–Crippen LogP) is 3.40. The topological polar surface area (TPSA) is 72.8 Å². The van der Waals surface area contributed by atoms with Crippen LogP contribution < -0.4 is 4.74 Å². The van der Waals surface area contributed by atoms with Crippen LogP contribution in [0.1, 0.15) is 26.3 Å². The molecule has 0 saturated heterocycles. The highest BCUT2D eigenvalue weighted by Gasteiger charge is 2.16. The number of aromatic hydroxyl groups is 1. The summed E-state index contributed by atoms with van der Waals surface area (Å²) in [5.41, 5.74) is 1.12. The van der Waals surface area contributed by atoms with Crippen LogP contribution in [0.15, 0.2) is 36.4 Å². The molecule has 1 N–H and O–H groups in total. The first kappa shape index (κ1) is 16.8. The fourth-order valence-corrected chi connectivity index (χ4v) is 2.20. The van der Waals surface area contributed by atoms with E-state index in [-0.39, 0.29) is 11.3 Å². The second kappa shape index (κ2) is 7.15. The van der Waals surface area contributed by atoms with E-state index in [2.05, 4.69) is 0 Å². The molecule has 0 atom stereocenters. The fraction of sp³-hybridized carbons (Fsp3) is 0.176. The zero-order valence-electron chi connectivity index (χ0n) is 12.6. The molecule has 0 aliphatic rings. The maximum atomic E-state index is 12.0. The van der Waals surface area contributed by atoms with Crippen LogP contribution in [0.4, 0.5) is 0 Å². The lowest BCUT2D eigenvalue weighted by Crippen LogP contribution is -2.14. The van der Waals surface area contributed by atoms with Gasteiger partial charge in [-0.3, -0.25) is 4.79 Å². The second-order valence-corrected chi connectivity index (χ2v) is 5.28. The van der Waals surface area contributed by atoms with Crippen LogP contribution in [0, 0.1) is 6.92 Å². The van der Waals surface area contributed by atoms with Crippen molar-refractivity contribution in [2.75, 3.05) is 13.7 Å². The third kappa shape index (κ3) is 4.02. The number of hydrogen-bond acceptors (Lipinski definition) is 5. The molecular weight excluding hydrogens is 320 g/mol. The van der Waals surface area contributed by atoms with Crippen molar-refractivity contribution >= 4 is 23.4 Å². The molecule has 0 heterocycles. The number of phenols is 1. The van der Waals surface area contributed by atoms with E-state index in [1.54, 1.807) is 19.1 Å². The number of hydrogen-bond donors (Lipinski definition) is 1. The highest BCUT2D eigenvalue weighted by Crippen LogP contribution is 2.25. The Bertz CT molecular complexity index is 755. The molecule has 2 aromatic rings. The summed E-state index contributed by atoms with van der Waals surface area (Å²) in [6.45, 7) is 1.33. The lowest BCUT2D eigenvalue weighted by molar-refractivity contribution is 0.0471. The Kier molecular flexibility index (Phi) is 5.24. The summed E-state index contributed by atoms with van der Waals surface area (Å²) in [7, 11) is 1.47. The summed E-state index contributed by atoms with van der Waals surface area (Å²) >= 11 is 5.95. The monoisotopic (exact) mass is 334 g/mol. The number of Topliss-reactive ketones (excluding diaryl/α,β-unsaturated/α-hetero) is 1. The number of ketones is 1. The fourth-order valence-electron chi connectivity index (χ4n) is 1.95. The molecule has 2 aromatic carbocycles. The summed E-state index contributed by atoms with van der Waals surface area (Å²) in [6, 6.07) is 9.09. The first-order valence-corrected chi connectivity index (χ1v) is 7.13. The van der Waals surface area contributed by atoms with Crippen molar-refractivity contribution in [3.05, 3.63) is 58.1 Å². The Hall–Kier alpha value is -2.53. The smallest absolute Gasteiger partial charge is 0.342 e. The third-order valence-corrected chi connectivity index (χ3v) is 3.48. The predicted molar refractivity (Wildman–Crippen MR) is 85.5 cm³/mol. The van der Waals surface area contributed by atoms with Gasteiger partial charge in [0.1, 0.15) is 17.1 Å². The van der Waals surface area contributed by atoms with Gasteiger partial charge in [0.25, 0.3) is 0 Å². The molecule has 0 fully saturated rings. The number of methoxy groups -OCH3 is 1. The SMILES string of the molecule is COc1ccc(C(=O)COC(=O)c2cc(C)ccc2O)cc1Cl. The second-order valence-electron chi connectivity index (χ2n) is 4.87. The van der Waals surface area contributed by atoms with Gasteiger partial charge in [0.15, 0.2) is 12.4 Å². The Balaban J connectivity index is 2.05. The van der Waals surface area contributed by atoms with Gasteiger partial charge >= 0.3 is 5.97 Å². The maximum absolute atomic E-state index is 12.0. The summed E-state index contributed by atoms with van der Waals surface area (Å²) < 4.78 is 9.96. The number of ether oxygens (including phenoxy) is 2. The number of carbonyl (C=O) groups is 2. The van der Waals surface area contributed by atoms with Crippen LogP contribution in [0.5, 0.6) is 11.5 Å². The van der Waals surface area contributed by atoms with E-state index in [0.29, 0.717) is 16.3 Å². The summed E-state index contributed by atoms with van der Waals surface area (Å²) in [5, 5.41) is 9.96. The average Bonchev–Trinajstić information content (AvgIpc) is 2.54. The number of rotatable bonds is 5. The molecule has 0 unspecified atom stereocenters. The molecule has 5 nitrogen and oxygen atoms in total. The number of aryl methyl sites for hydroxylation is 1. The minimum atomic E-state index is -0.765. The van der Waals surface area contributed by atoms with Crippen molar-refractivity contribution < 1.29 is 24.2 Å². The van der Waals surface area contributed by atoms with E-state index in [9.17, 15) is 14.7 Å². The highest BCUT2D eigenvalue weighted by atomic mass is 35.5. The summed E-state index contributed by atoms with van der Waals surface area (Å²) in [6.07, 6.45) is 0. The minimum absolute atomic E-state index is 0.0190. The number of carbonyl (C=O) groups excluding carboxylic acids is 2. The zero-order valence-corrected chi connectivity index (χ0v) is 13.4. The van der Waals surface area contributed by atoms with Crippen LogP contribution in [0.3, 0.4) is 0 Å². The standard InChI is InChI=1S/C17H15ClO5/c1-10-3-5-14(19)12(7-10)17(21)23-9-15(20)11-4-6-16(22-2)13(18)8-11/h3-8,19H,9H2,1-2H3. The van der Waals surface area contributed by atoms with Gasteiger partial charge in [-0.05, 0) is 37.3 Å². The van der Waals surface area contributed by atoms with Crippen molar-refractivity contribution in [1.29, 1.82) is 0 Å². The maximum Gasteiger partial charge on any atom is 0.342 e. The molecule has 0 aliphatic carbocycles. The van der Waals surface area contributed by atoms with E-state index in [4.69, 9.17) is 21.1 Å². The van der Waals surface area contributed by atoms with Gasteiger partial charge in [0, 0.05) is 5.56 Å². The van der Waals surface area contributed by atoms with Crippen molar-refractivity contribution in [3.63, 3.8) is 0 Å². The van der Waals surface area contributed by atoms with E-state index in [0.717, 1.165) is 5.56 Å². The van der Waals surface area contributed by atoms with Gasteiger partial charge in [-0.15, -0.1) is 0 Å². The average molecular weight is 335 g/mol. The van der Waals surface area contributed by atoms with Crippen molar-refractivity contribution in [2.24, 2.45) is 0 Å². The molecule has 6 heteroatoms. The van der Waals surface area contributed by atoms with Gasteiger partial charge < -0.3 is 14.6 Å². The molecule has 2 rings (SSSR count). The van der Waals surface area contributed by atoms with Crippen LogP contribution in [-0.2, 0) is 4.74 Å². The highest BCUT2D eigenvalue weighted by molar-refractivity contribution is 6.32. The third-order valence-electron chi connectivity index (χ3n) is 3.18. The molecule has 0 aliphatic heterocycles. The van der Waals surface area contributed by atoms with Crippen LogP contribution in [0.25, 0.3) is 0 Å². The lowest BCUT2D eigenvalue weighted by Gasteiger charge is -2.08. The first-order valence-electron chi connectivity index (χ1n) is 6.76. The Morgan fingerprint density at radius 2 is 1.91 bits per heavy atom. The van der Waals surface area contributed by atoms with E-state index >= 15 is 0 Å². The Morgan fingerprint density at radius 1 is 1.17 bits per heavy atom. The Morgan fingerprint density at radius 3 is 2.57 bits per heavy atom. The van der Waals surface area contributed by atoms with Gasteiger partial charge in [0.2, 0.25) is 0 Å². The van der Waals surface area contributed by atoms with Gasteiger partial charge in [-0.25, -0.2) is 4.79 Å². The van der Waals surface area contributed by atoms with E-state index in [1.807, 2.05) is 0 Å². The van der Waals surface area contributed by atoms with Gasteiger partial charge in [-0.2, -0.15) is 0 Å². The van der Waals surface area contributed by atoms with Crippen LogP contribution >= 0.6 is 11.6 Å². The van der Waals surface area contributed by atoms with Crippen molar-refractivity contribution in [1.82, 2.24) is 0 Å². The van der Waals surface area contributed by atoms with Crippen LogP contribution in [-0.4, -0.2) is 30.6 Å². The number of esters is 1. The number of benzene rings is 2. The van der Waals surface area contributed by atoms with Gasteiger partial charge in [-0.1, -0.05) is 23.2 Å². The summed E-state index contributed by atoms with van der Waals surface area (Å²) in [5.74, 6) is -0.917.